The van der Waals surface area contributed by atoms with Crippen molar-refractivity contribution in [2.45, 2.75) is 38.5 Å². The molecule has 24 heavy (non-hydrogen) atoms. The summed E-state index contributed by atoms with van der Waals surface area (Å²) in [7, 11) is 0. The van der Waals surface area contributed by atoms with Crippen LogP contribution in [0.4, 0.5) is 5.69 Å². The third-order valence-electron chi connectivity index (χ3n) is 6.07. The molecular formula is C19H25N3O2. The van der Waals surface area contributed by atoms with Crippen LogP contribution in [-0.2, 0) is 9.59 Å². The van der Waals surface area contributed by atoms with E-state index in [1.54, 1.807) is 24.5 Å². The highest BCUT2D eigenvalue weighted by Crippen LogP contribution is 2.56. The molecule has 1 aliphatic heterocycles. The maximum atomic E-state index is 12.7. The Morgan fingerprint density at radius 1 is 1.00 bits per heavy atom. The normalized spacial score (nSPS) is 29.7. The molecule has 5 heteroatoms. The lowest BCUT2D eigenvalue weighted by Crippen LogP contribution is -2.42. The van der Waals surface area contributed by atoms with Gasteiger partial charge in [0.1, 0.15) is 0 Å². The molecule has 3 aliphatic rings. The zero-order valence-corrected chi connectivity index (χ0v) is 14.0. The molecule has 1 aromatic heterocycles. The number of nitrogens with zero attached hydrogens (tertiary/aromatic N) is 2. The van der Waals surface area contributed by atoms with E-state index in [9.17, 15) is 9.59 Å². The second-order valence-corrected chi connectivity index (χ2v) is 7.46. The minimum atomic E-state index is 0.00342. The van der Waals surface area contributed by atoms with E-state index in [2.05, 4.69) is 10.3 Å². The minimum Gasteiger partial charge on any atom is -0.342 e. The van der Waals surface area contributed by atoms with E-state index in [4.69, 9.17) is 0 Å². The molecule has 2 aliphatic carbocycles. The Labute approximate surface area is 142 Å². The van der Waals surface area contributed by atoms with Crippen molar-refractivity contribution in [1.29, 1.82) is 0 Å². The number of fused-ring (bicyclic) bond motifs is 1. The van der Waals surface area contributed by atoms with Gasteiger partial charge in [-0.3, -0.25) is 14.6 Å². The average Bonchev–Trinajstić information content (AvgIpc) is 3.36. The molecule has 2 heterocycles. The number of amides is 2. The Balaban J connectivity index is 1.27. The standard InChI is InChI=1S/C19H25N3O2/c23-18(21-14-5-9-20-10-6-14)13-7-11-22(12-8-13)19(24)17-15-3-1-2-4-16(15)17/h5-6,9-10,13,15-17H,1-4,7-8,11-12H2,(H,20,21,23)/t15-,16+,17?. The molecule has 2 saturated carbocycles. The maximum absolute atomic E-state index is 12.7. The first-order valence-electron chi connectivity index (χ1n) is 9.24. The number of rotatable bonds is 3. The van der Waals surface area contributed by atoms with E-state index in [-0.39, 0.29) is 11.8 Å². The highest BCUT2D eigenvalue weighted by atomic mass is 16.2. The summed E-state index contributed by atoms with van der Waals surface area (Å²) in [5.74, 6) is 2.06. The van der Waals surface area contributed by atoms with Crippen molar-refractivity contribution in [3.05, 3.63) is 24.5 Å². The lowest BCUT2D eigenvalue weighted by atomic mass is 9.95. The third kappa shape index (κ3) is 3.04. The molecule has 0 spiro atoms. The van der Waals surface area contributed by atoms with Gasteiger partial charge >= 0.3 is 0 Å². The molecule has 3 fully saturated rings. The molecule has 0 radical (unpaired) electrons. The Morgan fingerprint density at radius 3 is 2.25 bits per heavy atom. The van der Waals surface area contributed by atoms with Crippen molar-refractivity contribution < 1.29 is 9.59 Å². The van der Waals surface area contributed by atoms with Crippen LogP contribution in [0, 0.1) is 23.7 Å². The van der Waals surface area contributed by atoms with Gasteiger partial charge in [-0.15, -0.1) is 0 Å². The largest absolute Gasteiger partial charge is 0.342 e. The van der Waals surface area contributed by atoms with Crippen LogP contribution >= 0.6 is 0 Å². The predicted octanol–water partition coefficient (Wildman–Crippen LogP) is 2.69. The summed E-state index contributed by atoms with van der Waals surface area (Å²) in [6.07, 6.45) is 9.95. The summed E-state index contributed by atoms with van der Waals surface area (Å²) in [6.45, 7) is 1.45. The van der Waals surface area contributed by atoms with Crippen molar-refractivity contribution in [3.8, 4) is 0 Å². The van der Waals surface area contributed by atoms with Gasteiger partial charge in [-0.2, -0.15) is 0 Å². The van der Waals surface area contributed by atoms with E-state index in [1.165, 1.54) is 25.7 Å². The van der Waals surface area contributed by atoms with Crippen LogP contribution in [-0.4, -0.2) is 34.8 Å². The number of aromatic nitrogens is 1. The first-order valence-corrected chi connectivity index (χ1v) is 9.24. The van der Waals surface area contributed by atoms with Gasteiger partial charge in [0.25, 0.3) is 0 Å². The number of nitrogens with one attached hydrogen (secondary N) is 1. The van der Waals surface area contributed by atoms with Crippen molar-refractivity contribution in [2.24, 2.45) is 23.7 Å². The summed E-state index contributed by atoms with van der Waals surface area (Å²) in [4.78, 5) is 31.0. The summed E-state index contributed by atoms with van der Waals surface area (Å²) >= 11 is 0. The third-order valence-corrected chi connectivity index (χ3v) is 6.07. The fourth-order valence-corrected chi connectivity index (χ4v) is 4.61. The monoisotopic (exact) mass is 327 g/mol. The van der Waals surface area contributed by atoms with Crippen molar-refractivity contribution in [2.75, 3.05) is 18.4 Å². The number of piperidine rings is 1. The molecule has 1 N–H and O–H groups in total. The molecule has 1 aromatic rings. The number of carbonyl (C=O) groups is 2. The van der Waals surface area contributed by atoms with Crippen LogP contribution in [0.1, 0.15) is 38.5 Å². The Kier molecular flexibility index (Phi) is 4.25. The maximum Gasteiger partial charge on any atom is 0.227 e. The first-order chi connectivity index (χ1) is 11.7. The number of hydrogen-bond acceptors (Lipinski definition) is 3. The topological polar surface area (TPSA) is 62.3 Å². The molecular weight excluding hydrogens is 302 g/mol. The van der Waals surface area contributed by atoms with Gasteiger partial charge in [-0.05, 0) is 49.7 Å². The van der Waals surface area contributed by atoms with Gasteiger partial charge in [-0.25, -0.2) is 0 Å². The van der Waals surface area contributed by atoms with Crippen LogP contribution in [0.25, 0.3) is 0 Å². The van der Waals surface area contributed by atoms with Crippen LogP contribution in [0.5, 0.6) is 0 Å². The second-order valence-electron chi connectivity index (χ2n) is 7.46. The fourth-order valence-electron chi connectivity index (χ4n) is 4.61. The molecule has 3 atom stereocenters. The summed E-state index contributed by atoms with van der Waals surface area (Å²) < 4.78 is 0. The molecule has 0 bridgehead atoms. The van der Waals surface area contributed by atoms with E-state index in [1.807, 2.05) is 4.90 Å². The molecule has 4 rings (SSSR count). The summed E-state index contributed by atoms with van der Waals surface area (Å²) in [5, 5.41) is 2.95. The number of anilines is 1. The van der Waals surface area contributed by atoms with Gasteiger partial charge in [-0.1, -0.05) is 12.8 Å². The Hall–Kier alpha value is -1.91. The molecule has 128 valence electrons. The number of likely N-dealkylation sites (tertiary alicyclic amines) is 1. The summed E-state index contributed by atoms with van der Waals surface area (Å²) in [5.41, 5.74) is 0.788. The fraction of sp³-hybridized carbons (Fsp3) is 0.632. The zero-order chi connectivity index (χ0) is 16.5. The highest BCUT2D eigenvalue weighted by molar-refractivity contribution is 5.92. The van der Waals surface area contributed by atoms with Crippen LogP contribution in [0.3, 0.4) is 0 Å². The number of pyridine rings is 1. The van der Waals surface area contributed by atoms with E-state index in [0.717, 1.165) is 31.6 Å². The zero-order valence-electron chi connectivity index (χ0n) is 14.0. The second kappa shape index (κ2) is 6.54. The smallest absolute Gasteiger partial charge is 0.227 e. The lowest BCUT2D eigenvalue weighted by Gasteiger charge is -2.31. The van der Waals surface area contributed by atoms with Gasteiger partial charge < -0.3 is 10.2 Å². The summed E-state index contributed by atoms with van der Waals surface area (Å²) in [6, 6.07) is 3.59. The van der Waals surface area contributed by atoms with E-state index in [0.29, 0.717) is 23.7 Å². The van der Waals surface area contributed by atoms with Gasteiger partial charge in [0, 0.05) is 43.0 Å². The van der Waals surface area contributed by atoms with Crippen molar-refractivity contribution in [3.63, 3.8) is 0 Å². The molecule has 5 nitrogen and oxygen atoms in total. The molecule has 1 unspecified atom stereocenters. The highest BCUT2D eigenvalue weighted by Gasteiger charge is 2.55. The van der Waals surface area contributed by atoms with Gasteiger partial charge in [0.2, 0.25) is 11.8 Å². The quantitative estimate of drug-likeness (QED) is 0.928. The first kappa shape index (κ1) is 15.6. The van der Waals surface area contributed by atoms with Crippen LogP contribution in [0.15, 0.2) is 24.5 Å². The number of carbonyl (C=O) groups excluding carboxylic acids is 2. The average molecular weight is 327 g/mol. The van der Waals surface area contributed by atoms with Crippen LogP contribution < -0.4 is 5.32 Å². The van der Waals surface area contributed by atoms with Crippen molar-refractivity contribution >= 4 is 17.5 Å². The predicted molar refractivity (Wildman–Crippen MR) is 91.1 cm³/mol. The van der Waals surface area contributed by atoms with E-state index >= 15 is 0 Å². The molecule has 2 amide bonds. The Bertz CT molecular complexity index is 598. The minimum absolute atomic E-state index is 0.00342. The number of hydrogen-bond donors (Lipinski definition) is 1. The molecule has 1 saturated heterocycles. The van der Waals surface area contributed by atoms with Crippen LogP contribution in [0.2, 0.25) is 0 Å². The van der Waals surface area contributed by atoms with Crippen molar-refractivity contribution in [1.82, 2.24) is 9.88 Å². The van der Waals surface area contributed by atoms with E-state index < -0.39 is 0 Å². The van der Waals surface area contributed by atoms with Gasteiger partial charge in [0.15, 0.2) is 0 Å². The lowest BCUT2D eigenvalue weighted by molar-refractivity contribution is -0.136. The molecule has 0 aromatic carbocycles. The SMILES string of the molecule is O=C(Nc1ccncc1)C1CCN(C(=O)C2[C@H]3CCCC[C@@H]23)CC1. The Morgan fingerprint density at radius 2 is 1.62 bits per heavy atom. The van der Waals surface area contributed by atoms with Gasteiger partial charge in [0.05, 0.1) is 0 Å².